The number of aryl methyl sites for hydroxylation is 1. The summed E-state index contributed by atoms with van der Waals surface area (Å²) >= 11 is 6.17. The first-order chi connectivity index (χ1) is 9.70. The number of nitrogens with zero attached hydrogens (tertiary/aromatic N) is 4. The molecule has 0 amide bonds. The van der Waals surface area contributed by atoms with E-state index in [4.69, 9.17) is 17.4 Å². The van der Waals surface area contributed by atoms with Gasteiger partial charge < -0.3 is 4.57 Å². The van der Waals surface area contributed by atoms with E-state index in [1.165, 1.54) is 0 Å². The zero-order valence-corrected chi connectivity index (χ0v) is 11.7. The number of hydrazine groups is 1. The molecule has 0 fully saturated rings. The highest BCUT2D eigenvalue weighted by Gasteiger charge is 2.19. The molecule has 0 radical (unpaired) electrons. The molecule has 1 atom stereocenters. The maximum Gasteiger partial charge on any atom is 0.0958 e. The van der Waals surface area contributed by atoms with Crippen molar-refractivity contribution in [3.05, 3.63) is 47.5 Å². The van der Waals surface area contributed by atoms with Gasteiger partial charge in [0.05, 0.1) is 40.3 Å². The molecule has 0 aliphatic rings. The van der Waals surface area contributed by atoms with Crippen LogP contribution in [-0.4, -0.2) is 19.3 Å². The summed E-state index contributed by atoms with van der Waals surface area (Å²) in [6.45, 7) is 0.621. The van der Waals surface area contributed by atoms with E-state index in [0.29, 0.717) is 11.6 Å². The van der Waals surface area contributed by atoms with Crippen molar-refractivity contribution in [1.82, 2.24) is 24.8 Å². The second-order valence-corrected chi connectivity index (χ2v) is 5.01. The van der Waals surface area contributed by atoms with Gasteiger partial charge in [0, 0.05) is 13.6 Å². The molecule has 2 heterocycles. The second-order valence-electron chi connectivity index (χ2n) is 4.61. The number of imidazole rings is 1. The molecular formula is C13H15ClN6. The molecule has 1 unspecified atom stereocenters. The number of rotatable bonds is 4. The molecule has 104 valence electrons. The van der Waals surface area contributed by atoms with Crippen LogP contribution in [0.15, 0.2) is 36.8 Å². The molecule has 3 rings (SSSR count). The lowest BCUT2D eigenvalue weighted by molar-refractivity contribution is 0.452. The number of halogens is 1. The third-order valence-corrected chi connectivity index (χ3v) is 3.67. The summed E-state index contributed by atoms with van der Waals surface area (Å²) in [6, 6.07) is 7.82. The third-order valence-electron chi connectivity index (χ3n) is 3.38. The van der Waals surface area contributed by atoms with Crippen LogP contribution in [0.4, 0.5) is 0 Å². The van der Waals surface area contributed by atoms with Crippen molar-refractivity contribution in [2.75, 3.05) is 0 Å². The van der Waals surface area contributed by atoms with Crippen LogP contribution < -0.4 is 11.3 Å². The Balaban J connectivity index is 1.96. The summed E-state index contributed by atoms with van der Waals surface area (Å²) in [5.41, 5.74) is 5.67. The first-order valence-electron chi connectivity index (χ1n) is 6.24. The summed E-state index contributed by atoms with van der Waals surface area (Å²) < 4.78 is 3.77. The van der Waals surface area contributed by atoms with Crippen LogP contribution in [0.5, 0.6) is 0 Å². The predicted molar refractivity (Wildman–Crippen MR) is 78.0 cm³/mol. The number of para-hydroxylation sites is 2. The highest BCUT2D eigenvalue weighted by atomic mass is 35.5. The number of aromatic nitrogens is 4. The molecule has 20 heavy (non-hydrogen) atoms. The van der Waals surface area contributed by atoms with Crippen LogP contribution in [0.3, 0.4) is 0 Å². The molecule has 0 saturated carbocycles. The molecule has 0 spiro atoms. The molecule has 3 aromatic rings. The fourth-order valence-corrected chi connectivity index (χ4v) is 2.68. The van der Waals surface area contributed by atoms with Gasteiger partial charge in [0.1, 0.15) is 0 Å². The summed E-state index contributed by atoms with van der Waals surface area (Å²) in [6.07, 6.45) is 3.42. The number of hydrogen-bond donors (Lipinski definition) is 2. The maximum atomic E-state index is 6.17. The van der Waals surface area contributed by atoms with Gasteiger partial charge in [0.2, 0.25) is 0 Å². The van der Waals surface area contributed by atoms with Crippen molar-refractivity contribution in [3.63, 3.8) is 0 Å². The quantitative estimate of drug-likeness (QED) is 0.566. The van der Waals surface area contributed by atoms with Crippen molar-refractivity contribution in [1.29, 1.82) is 0 Å². The predicted octanol–water partition coefficient (Wildman–Crippen LogP) is 1.63. The maximum absolute atomic E-state index is 6.17. The molecule has 7 heteroatoms. The Bertz CT molecular complexity index is 712. The number of benzene rings is 1. The van der Waals surface area contributed by atoms with Gasteiger partial charge in [-0.25, -0.2) is 10.4 Å². The van der Waals surface area contributed by atoms with Gasteiger partial charge in [0.15, 0.2) is 0 Å². The minimum absolute atomic E-state index is 0.146. The van der Waals surface area contributed by atoms with Gasteiger partial charge in [-0.05, 0) is 12.1 Å². The standard InChI is InChI=1S/C13H15ClN6/c1-19-13(9(14)6-17-19)11(18-15)7-20-8-16-10-4-2-3-5-12(10)20/h2-6,8,11,18H,7,15H2,1H3. The Morgan fingerprint density at radius 3 is 2.90 bits per heavy atom. The average molecular weight is 291 g/mol. The van der Waals surface area contributed by atoms with Gasteiger partial charge in [-0.2, -0.15) is 5.10 Å². The van der Waals surface area contributed by atoms with Crippen molar-refractivity contribution in [2.45, 2.75) is 12.6 Å². The Morgan fingerprint density at radius 1 is 1.40 bits per heavy atom. The van der Waals surface area contributed by atoms with E-state index in [2.05, 4.69) is 15.5 Å². The normalized spacial score (nSPS) is 12.9. The summed E-state index contributed by atoms with van der Waals surface area (Å²) in [4.78, 5) is 4.37. The first-order valence-corrected chi connectivity index (χ1v) is 6.62. The third kappa shape index (κ3) is 2.18. The highest BCUT2D eigenvalue weighted by molar-refractivity contribution is 6.31. The fourth-order valence-electron chi connectivity index (χ4n) is 2.38. The molecule has 2 aromatic heterocycles. The molecule has 0 saturated heterocycles. The van der Waals surface area contributed by atoms with Gasteiger partial charge in [-0.15, -0.1) is 0 Å². The zero-order valence-electron chi connectivity index (χ0n) is 11.0. The largest absolute Gasteiger partial charge is 0.329 e. The van der Waals surface area contributed by atoms with E-state index >= 15 is 0 Å². The van der Waals surface area contributed by atoms with Crippen LogP contribution in [0.2, 0.25) is 5.02 Å². The average Bonchev–Trinajstić information content (AvgIpc) is 3.01. The smallest absolute Gasteiger partial charge is 0.0958 e. The summed E-state index contributed by atoms with van der Waals surface area (Å²) in [7, 11) is 1.84. The fraction of sp³-hybridized carbons (Fsp3) is 0.231. The Morgan fingerprint density at radius 2 is 2.20 bits per heavy atom. The number of fused-ring (bicyclic) bond motifs is 1. The number of nitrogens with two attached hydrogens (primary N) is 1. The van der Waals surface area contributed by atoms with E-state index < -0.39 is 0 Å². The summed E-state index contributed by atoms with van der Waals surface area (Å²) in [5, 5.41) is 4.74. The Kier molecular flexibility index (Phi) is 3.43. The van der Waals surface area contributed by atoms with Crippen molar-refractivity contribution >= 4 is 22.6 Å². The lowest BCUT2D eigenvalue weighted by Crippen LogP contribution is -2.32. The minimum atomic E-state index is -0.146. The van der Waals surface area contributed by atoms with Crippen molar-refractivity contribution < 1.29 is 0 Å². The number of hydrogen-bond acceptors (Lipinski definition) is 4. The van der Waals surface area contributed by atoms with E-state index in [9.17, 15) is 0 Å². The van der Waals surface area contributed by atoms with Crippen LogP contribution in [0.1, 0.15) is 11.7 Å². The lowest BCUT2D eigenvalue weighted by atomic mass is 10.2. The molecular weight excluding hydrogens is 276 g/mol. The zero-order chi connectivity index (χ0) is 14.1. The van der Waals surface area contributed by atoms with Gasteiger partial charge in [0.25, 0.3) is 0 Å². The lowest BCUT2D eigenvalue weighted by Gasteiger charge is -2.18. The highest BCUT2D eigenvalue weighted by Crippen LogP contribution is 2.24. The topological polar surface area (TPSA) is 73.7 Å². The SMILES string of the molecule is Cn1ncc(Cl)c1C(Cn1cnc2ccccc21)NN. The van der Waals surface area contributed by atoms with E-state index in [-0.39, 0.29) is 6.04 Å². The molecule has 0 bridgehead atoms. The Hall–Kier alpha value is -1.89. The van der Waals surface area contributed by atoms with Gasteiger partial charge in [-0.3, -0.25) is 10.5 Å². The van der Waals surface area contributed by atoms with Crippen LogP contribution >= 0.6 is 11.6 Å². The van der Waals surface area contributed by atoms with Crippen molar-refractivity contribution in [2.24, 2.45) is 12.9 Å². The van der Waals surface area contributed by atoms with Crippen molar-refractivity contribution in [3.8, 4) is 0 Å². The second kappa shape index (κ2) is 5.24. The van der Waals surface area contributed by atoms with E-state index in [1.807, 2.05) is 35.9 Å². The molecule has 0 aliphatic heterocycles. The van der Waals surface area contributed by atoms with E-state index in [1.54, 1.807) is 17.2 Å². The molecule has 1 aromatic carbocycles. The molecule has 0 aliphatic carbocycles. The molecule has 3 N–H and O–H groups in total. The summed E-state index contributed by atoms with van der Waals surface area (Å²) in [5.74, 6) is 5.68. The van der Waals surface area contributed by atoms with Crippen LogP contribution in [0.25, 0.3) is 11.0 Å². The van der Waals surface area contributed by atoms with E-state index in [0.717, 1.165) is 16.7 Å². The van der Waals surface area contributed by atoms with Gasteiger partial charge >= 0.3 is 0 Å². The number of nitrogens with one attached hydrogen (secondary N) is 1. The molecule has 6 nitrogen and oxygen atoms in total. The monoisotopic (exact) mass is 290 g/mol. The van der Waals surface area contributed by atoms with Crippen LogP contribution in [0, 0.1) is 0 Å². The Labute approximate surface area is 121 Å². The first kappa shape index (κ1) is 13.1. The van der Waals surface area contributed by atoms with Gasteiger partial charge in [-0.1, -0.05) is 23.7 Å². The minimum Gasteiger partial charge on any atom is -0.329 e. The van der Waals surface area contributed by atoms with Crippen LogP contribution in [-0.2, 0) is 13.6 Å².